The van der Waals surface area contributed by atoms with Crippen molar-refractivity contribution in [3.05, 3.63) is 94.5 Å². The molecule has 1 saturated carbocycles. The van der Waals surface area contributed by atoms with Crippen LogP contribution in [0.15, 0.2) is 72.8 Å². The lowest BCUT2D eigenvalue weighted by atomic mass is 9.60. The van der Waals surface area contributed by atoms with Gasteiger partial charge < -0.3 is 19.5 Å². The van der Waals surface area contributed by atoms with Crippen LogP contribution in [0.3, 0.4) is 0 Å². The molecule has 2 aliphatic heterocycles. The third-order valence-corrected chi connectivity index (χ3v) is 8.54. The number of carbonyl (C=O) groups excluding carboxylic acids is 2. The van der Waals surface area contributed by atoms with Gasteiger partial charge in [-0.05, 0) is 43.9 Å². The molecule has 3 aromatic rings. The van der Waals surface area contributed by atoms with E-state index in [-0.39, 0.29) is 42.5 Å². The van der Waals surface area contributed by atoms with Crippen LogP contribution in [0.1, 0.15) is 61.8 Å². The lowest BCUT2D eigenvalue weighted by Crippen LogP contribution is -2.73. The average molecular weight is 561 g/mol. The summed E-state index contributed by atoms with van der Waals surface area (Å²) in [6.07, 6.45) is 2.53. The van der Waals surface area contributed by atoms with Gasteiger partial charge in [0.15, 0.2) is 12.3 Å². The SMILES string of the molecule is CC(C)OC(=O)COc1cc2c(cc1Cl)[C@H](c1ccccc1)[C@@H]1CCC[C@H]3[C@@H](c4ccccc4)NC(=O)N[C@@]13O2. The highest BCUT2D eigenvalue weighted by molar-refractivity contribution is 6.32. The molecule has 0 aromatic heterocycles. The van der Waals surface area contributed by atoms with Crippen molar-refractivity contribution in [2.75, 3.05) is 6.61 Å². The topological polar surface area (TPSA) is 85.9 Å². The number of nitrogens with one attached hydrogen (secondary N) is 2. The van der Waals surface area contributed by atoms with E-state index in [1.165, 1.54) is 0 Å². The first-order valence-corrected chi connectivity index (χ1v) is 14.3. The fourth-order valence-corrected chi connectivity index (χ4v) is 7.01. The second-order valence-corrected chi connectivity index (χ2v) is 11.5. The summed E-state index contributed by atoms with van der Waals surface area (Å²) in [5.74, 6) is 0.320. The second kappa shape index (κ2) is 10.7. The van der Waals surface area contributed by atoms with Crippen LogP contribution in [0.25, 0.3) is 0 Å². The van der Waals surface area contributed by atoms with Crippen molar-refractivity contribution in [3.8, 4) is 11.5 Å². The molecule has 0 radical (unpaired) electrons. The van der Waals surface area contributed by atoms with E-state index >= 15 is 0 Å². The number of carbonyl (C=O) groups is 2. The Morgan fingerprint density at radius 2 is 1.70 bits per heavy atom. The van der Waals surface area contributed by atoms with E-state index < -0.39 is 11.7 Å². The monoisotopic (exact) mass is 560 g/mol. The largest absolute Gasteiger partial charge is 0.480 e. The molecule has 40 heavy (non-hydrogen) atoms. The summed E-state index contributed by atoms with van der Waals surface area (Å²) in [5, 5.41) is 6.83. The molecule has 7 nitrogen and oxygen atoms in total. The summed E-state index contributed by atoms with van der Waals surface area (Å²) in [5.41, 5.74) is 2.17. The lowest BCUT2D eigenvalue weighted by molar-refractivity contribution is -0.149. The molecule has 5 atom stereocenters. The summed E-state index contributed by atoms with van der Waals surface area (Å²) < 4.78 is 18.0. The molecule has 8 heteroatoms. The Labute approximate surface area is 239 Å². The summed E-state index contributed by atoms with van der Waals surface area (Å²) in [6.45, 7) is 3.30. The fraction of sp³-hybridized carbons (Fsp3) is 0.375. The van der Waals surface area contributed by atoms with Gasteiger partial charge in [0.1, 0.15) is 11.5 Å². The van der Waals surface area contributed by atoms with Gasteiger partial charge >= 0.3 is 12.0 Å². The number of urea groups is 1. The van der Waals surface area contributed by atoms with Crippen molar-refractivity contribution in [1.29, 1.82) is 0 Å². The summed E-state index contributed by atoms with van der Waals surface area (Å²) in [6, 6.07) is 23.6. The van der Waals surface area contributed by atoms with Crippen LogP contribution in [0, 0.1) is 11.8 Å². The van der Waals surface area contributed by atoms with Crippen LogP contribution in [-0.4, -0.2) is 30.4 Å². The Hall–Kier alpha value is -3.71. The molecule has 208 valence electrons. The maximum atomic E-state index is 13.3. The first-order chi connectivity index (χ1) is 19.4. The number of benzene rings is 3. The van der Waals surface area contributed by atoms with Gasteiger partial charge in [0.25, 0.3) is 0 Å². The Morgan fingerprint density at radius 3 is 2.40 bits per heavy atom. The third kappa shape index (κ3) is 4.77. The van der Waals surface area contributed by atoms with E-state index in [0.717, 1.165) is 36.0 Å². The zero-order chi connectivity index (χ0) is 27.9. The molecule has 0 unspecified atom stereocenters. The molecular weight excluding hydrogens is 528 g/mol. The normalized spacial score (nSPS) is 26.8. The molecule has 2 amide bonds. The average Bonchev–Trinajstić information content (AvgIpc) is 2.94. The minimum atomic E-state index is -0.948. The number of amides is 2. The smallest absolute Gasteiger partial charge is 0.344 e. The first-order valence-electron chi connectivity index (χ1n) is 13.9. The maximum absolute atomic E-state index is 13.3. The molecule has 2 N–H and O–H groups in total. The van der Waals surface area contributed by atoms with Crippen LogP contribution in [-0.2, 0) is 9.53 Å². The van der Waals surface area contributed by atoms with E-state index in [2.05, 4.69) is 34.9 Å². The van der Waals surface area contributed by atoms with Gasteiger partial charge in [-0.1, -0.05) is 78.7 Å². The molecule has 0 bridgehead atoms. The van der Waals surface area contributed by atoms with Gasteiger partial charge in [-0.25, -0.2) is 9.59 Å². The Balaban J connectivity index is 1.45. The van der Waals surface area contributed by atoms with Crippen molar-refractivity contribution in [3.63, 3.8) is 0 Å². The van der Waals surface area contributed by atoms with Gasteiger partial charge in [0.05, 0.1) is 17.2 Å². The molecule has 1 saturated heterocycles. The van der Waals surface area contributed by atoms with Gasteiger partial charge in [-0.3, -0.25) is 5.32 Å². The van der Waals surface area contributed by atoms with Gasteiger partial charge in [0.2, 0.25) is 0 Å². The standard InChI is InChI=1S/C32H33ClN2O5/c1-19(2)39-28(36)18-38-27-17-26-22(16-25(27)33)29(20-10-5-3-6-11-20)23-14-9-15-24-30(21-12-7-4-8-13-21)34-31(37)35-32(23,24)40-26/h3-8,10-13,16-17,19,23-24,29-30H,9,14-15,18H2,1-2H3,(H2,34,35,37)/t23-,24-,29-,30+,32+/m0/s1. The number of halogens is 1. The third-order valence-electron chi connectivity index (χ3n) is 8.24. The van der Waals surface area contributed by atoms with Crippen LogP contribution < -0.4 is 20.1 Å². The van der Waals surface area contributed by atoms with E-state index in [1.54, 1.807) is 19.9 Å². The van der Waals surface area contributed by atoms with Crippen LogP contribution in [0.4, 0.5) is 4.79 Å². The molecule has 2 heterocycles. The van der Waals surface area contributed by atoms with Gasteiger partial charge in [-0.15, -0.1) is 0 Å². The van der Waals surface area contributed by atoms with Crippen molar-refractivity contribution < 1.29 is 23.8 Å². The van der Waals surface area contributed by atoms with E-state index in [0.29, 0.717) is 16.5 Å². The van der Waals surface area contributed by atoms with Crippen molar-refractivity contribution >= 4 is 23.6 Å². The summed E-state index contributed by atoms with van der Waals surface area (Å²) in [4.78, 5) is 25.5. The zero-order valence-electron chi connectivity index (χ0n) is 22.6. The molecular formula is C32H33ClN2O5. The summed E-state index contributed by atoms with van der Waals surface area (Å²) in [7, 11) is 0. The number of ether oxygens (including phenoxy) is 3. The van der Waals surface area contributed by atoms with E-state index in [9.17, 15) is 9.59 Å². The van der Waals surface area contributed by atoms with Crippen LogP contribution >= 0.6 is 11.6 Å². The minimum Gasteiger partial charge on any atom is -0.480 e. The van der Waals surface area contributed by atoms with Gasteiger partial charge in [-0.2, -0.15) is 0 Å². The second-order valence-electron chi connectivity index (χ2n) is 11.1. The first kappa shape index (κ1) is 26.5. The van der Waals surface area contributed by atoms with Crippen molar-refractivity contribution in [2.45, 2.75) is 56.9 Å². The Kier molecular flexibility index (Phi) is 7.09. The predicted octanol–water partition coefficient (Wildman–Crippen LogP) is 6.36. The molecule has 2 fully saturated rings. The molecule has 3 aliphatic rings. The fourth-order valence-electron chi connectivity index (χ4n) is 6.78. The highest BCUT2D eigenvalue weighted by Gasteiger charge is 2.61. The number of esters is 1. The number of fused-ring (bicyclic) bond motifs is 1. The number of hydrogen-bond acceptors (Lipinski definition) is 5. The van der Waals surface area contributed by atoms with E-state index in [4.69, 9.17) is 25.8 Å². The molecule has 1 spiro atoms. The van der Waals surface area contributed by atoms with Crippen molar-refractivity contribution in [1.82, 2.24) is 10.6 Å². The van der Waals surface area contributed by atoms with Gasteiger partial charge in [0, 0.05) is 29.4 Å². The molecule has 6 rings (SSSR count). The lowest BCUT2D eigenvalue weighted by Gasteiger charge is -2.58. The number of hydrogen-bond donors (Lipinski definition) is 2. The highest BCUT2D eigenvalue weighted by Crippen LogP contribution is 2.58. The summed E-state index contributed by atoms with van der Waals surface area (Å²) >= 11 is 6.73. The highest BCUT2D eigenvalue weighted by atomic mass is 35.5. The van der Waals surface area contributed by atoms with Crippen LogP contribution in [0.5, 0.6) is 11.5 Å². The Bertz CT molecular complexity index is 1400. The predicted molar refractivity (Wildman–Crippen MR) is 152 cm³/mol. The molecule has 1 aliphatic carbocycles. The molecule has 3 aromatic carbocycles. The van der Waals surface area contributed by atoms with Crippen molar-refractivity contribution in [2.24, 2.45) is 11.8 Å². The quantitative estimate of drug-likeness (QED) is 0.343. The minimum absolute atomic E-state index is 0.0215. The number of rotatable bonds is 6. The zero-order valence-corrected chi connectivity index (χ0v) is 23.3. The van der Waals surface area contributed by atoms with E-state index in [1.807, 2.05) is 42.5 Å². The Morgan fingerprint density at radius 1 is 1.02 bits per heavy atom. The maximum Gasteiger partial charge on any atom is 0.344 e. The van der Waals surface area contributed by atoms with Crippen LogP contribution in [0.2, 0.25) is 5.02 Å².